The Morgan fingerprint density at radius 3 is 2.78 bits per heavy atom. The van der Waals surface area contributed by atoms with Crippen molar-refractivity contribution in [1.82, 2.24) is 5.43 Å². The minimum Gasteiger partial charge on any atom is -0.375 e. The van der Waals surface area contributed by atoms with Gasteiger partial charge in [-0.3, -0.25) is 11.3 Å². The summed E-state index contributed by atoms with van der Waals surface area (Å²) < 4.78 is 29.6. The molecule has 1 atom stereocenters. The summed E-state index contributed by atoms with van der Waals surface area (Å²) in [5, 5.41) is 0. The first-order valence-electron chi connectivity index (χ1n) is 5.68. The zero-order valence-electron chi connectivity index (χ0n) is 9.91. The van der Waals surface area contributed by atoms with Crippen molar-refractivity contribution in [3.05, 3.63) is 34.3 Å². The third kappa shape index (κ3) is 6.39. The number of halogens is 3. The monoisotopic (exact) mass is 322 g/mol. The van der Waals surface area contributed by atoms with Crippen LogP contribution < -0.4 is 11.3 Å². The molecule has 0 saturated heterocycles. The molecule has 1 unspecified atom stereocenters. The second kappa shape index (κ2) is 8.53. The Bertz CT molecular complexity index is 353. The average molecular weight is 323 g/mol. The predicted octanol–water partition coefficient (Wildman–Crippen LogP) is 2.50. The molecule has 1 aromatic rings. The van der Waals surface area contributed by atoms with Gasteiger partial charge in [0.25, 0.3) is 6.43 Å². The zero-order chi connectivity index (χ0) is 13.4. The van der Waals surface area contributed by atoms with Crippen LogP contribution in [0.15, 0.2) is 28.7 Å². The largest absolute Gasteiger partial charge is 0.375 e. The molecule has 0 fully saturated rings. The summed E-state index contributed by atoms with van der Waals surface area (Å²) in [5.74, 6) is 5.44. The Morgan fingerprint density at radius 1 is 1.39 bits per heavy atom. The molecule has 0 bridgehead atoms. The zero-order valence-corrected chi connectivity index (χ0v) is 11.5. The van der Waals surface area contributed by atoms with Gasteiger partial charge in [0.15, 0.2) is 0 Å². The molecule has 18 heavy (non-hydrogen) atoms. The van der Waals surface area contributed by atoms with E-state index in [4.69, 9.17) is 10.6 Å². The van der Waals surface area contributed by atoms with Crippen molar-refractivity contribution in [2.24, 2.45) is 5.84 Å². The summed E-state index contributed by atoms with van der Waals surface area (Å²) in [6.45, 7) is -0.249. The van der Waals surface area contributed by atoms with Gasteiger partial charge in [-0.25, -0.2) is 8.78 Å². The number of rotatable bonds is 8. The third-order valence-electron chi connectivity index (χ3n) is 2.46. The first-order valence-corrected chi connectivity index (χ1v) is 6.47. The molecule has 3 nitrogen and oxygen atoms in total. The highest BCUT2D eigenvalue weighted by Crippen LogP contribution is 2.13. The van der Waals surface area contributed by atoms with E-state index in [0.29, 0.717) is 6.42 Å². The van der Waals surface area contributed by atoms with Crippen LogP contribution in [0.25, 0.3) is 0 Å². The summed E-state index contributed by atoms with van der Waals surface area (Å²) in [4.78, 5) is 0. The second-order valence-electron chi connectivity index (χ2n) is 3.95. The van der Waals surface area contributed by atoms with Crippen molar-refractivity contribution in [3.63, 3.8) is 0 Å². The smallest absolute Gasteiger partial charge is 0.261 e. The lowest BCUT2D eigenvalue weighted by atomic mass is 10.0. The van der Waals surface area contributed by atoms with Crippen LogP contribution in [0.2, 0.25) is 0 Å². The summed E-state index contributed by atoms with van der Waals surface area (Å²) in [5.41, 5.74) is 3.80. The van der Waals surface area contributed by atoms with Gasteiger partial charge in [-0.2, -0.15) is 0 Å². The van der Waals surface area contributed by atoms with Gasteiger partial charge in [-0.15, -0.1) is 0 Å². The predicted molar refractivity (Wildman–Crippen MR) is 70.4 cm³/mol. The number of hydrogen-bond donors (Lipinski definition) is 2. The first kappa shape index (κ1) is 15.5. The summed E-state index contributed by atoms with van der Waals surface area (Å²) in [7, 11) is 0. The maximum atomic E-state index is 11.9. The third-order valence-corrected chi connectivity index (χ3v) is 2.95. The topological polar surface area (TPSA) is 47.3 Å². The molecule has 1 aromatic carbocycles. The molecule has 0 heterocycles. The van der Waals surface area contributed by atoms with Crippen LogP contribution >= 0.6 is 15.9 Å². The number of hydrazine groups is 1. The molecule has 0 saturated carbocycles. The number of benzene rings is 1. The molecular weight excluding hydrogens is 306 g/mol. The fourth-order valence-corrected chi connectivity index (χ4v) is 2.04. The molecule has 1 rings (SSSR count). The second-order valence-corrected chi connectivity index (χ2v) is 4.87. The molecule has 0 amide bonds. The lowest BCUT2D eigenvalue weighted by Gasteiger charge is -2.16. The summed E-state index contributed by atoms with van der Waals surface area (Å²) >= 11 is 3.39. The van der Waals surface area contributed by atoms with E-state index in [-0.39, 0.29) is 12.6 Å². The standard InChI is InChI=1S/C12H17BrF2N2O/c13-10-3-1-2-9(6-10)7-11(17-16)4-5-18-8-12(14)15/h1-3,6,11-12,17H,4-5,7-8,16H2. The van der Waals surface area contributed by atoms with Crippen molar-refractivity contribution >= 4 is 15.9 Å². The Labute approximate surface area is 114 Å². The van der Waals surface area contributed by atoms with Crippen LogP contribution in [0.1, 0.15) is 12.0 Å². The van der Waals surface area contributed by atoms with Gasteiger partial charge in [-0.1, -0.05) is 28.1 Å². The quantitative estimate of drug-likeness (QED) is 0.439. The molecule has 0 spiro atoms. The van der Waals surface area contributed by atoms with Crippen LogP contribution in [0.5, 0.6) is 0 Å². The van der Waals surface area contributed by atoms with Crippen LogP contribution in [-0.4, -0.2) is 25.7 Å². The van der Waals surface area contributed by atoms with Crippen LogP contribution in [0.4, 0.5) is 8.78 Å². The Morgan fingerprint density at radius 2 is 2.17 bits per heavy atom. The van der Waals surface area contributed by atoms with Gasteiger partial charge in [-0.05, 0) is 30.5 Å². The minimum absolute atomic E-state index is 0.0111. The normalized spacial score (nSPS) is 12.9. The number of nitrogens with one attached hydrogen (secondary N) is 1. The fraction of sp³-hybridized carbons (Fsp3) is 0.500. The lowest BCUT2D eigenvalue weighted by molar-refractivity contribution is 0.0144. The molecule has 0 aliphatic rings. The van der Waals surface area contributed by atoms with Crippen molar-refractivity contribution in [2.75, 3.05) is 13.2 Å². The Kier molecular flexibility index (Phi) is 7.34. The SMILES string of the molecule is NNC(CCOCC(F)F)Cc1cccc(Br)c1. The average Bonchev–Trinajstić information content (AvgIpc) is 2.33. The van der Waals surface area contributed by atoms with Gasteiger partial charge in [0.2, 0.25) is 0 Å². The Hall–Kier alpha value is -0.560. The van der Waals surface area contributed by atoms with Gasteiger partial charge >= 0.3 is 0 Å². The highest BCUT2D eigenvalue weighted by atomic mass is 79.9. The van der Waals surface area contributed by atoms with Crippen LogP contribution in [0, 0.1) is 0 Å². The van der Waals surface area contributed by atoms with E-state index in [1.165, 1.54) is 0 Å². The van der Waals surface area contributed by atoms with E-state index in [0.717, 1.165) is 16.5 Å². The van der Waals surface area contributed by atoms with Crippen LogP contribution in [-0.2, 0) is 11.2 Å². The molecule has 0 radical (unpaired) electrons. The van der Waals surface area contributed by atoms with E-state index in [2.05, 4.69) is 21.4 Å². The van der Waals surface area contributed by atoms with Gasteiger partial charge in [0, 0.05) is 17.1 Å². The van der Waals surface area contributed by atoms with E-state index < -0.39 is 13.0 Å². The highest BCUT2D eigenvalue weighted by Gasteiger charge is 2.09. The van der Waals surface area contributed by atoms with Crippen molar-refractivity contribution < 1.29 is 13.5 Å². The van der Waals surface area contributed by atoms with Crippen molar-refractivity contribution in [2.45, 2.75) is 25.3 Å². The van der Waals surface area contributed by atoms with Crippen molar-refractivity contribution in [1.29, 1.82) is 0 Å². The number of ether oxygens (including phenoxy) is 1. The molecule has 3 N–H and O–H groups in total. The number of nitrogens with two attached hydrogens (primary N) is 1. The first-order chi connectivity index (χ1) is 8.61. The van der Waals surface area contributed by atoms with Crippen molar-refractivity contribution in [3.8, 4) is 0 Å². The molecule has 102 valence electrons. The van der Waals surface area contributed by atoms with E-state index in [1.54, 1.807) is 0 Å². The van der Waals surface area contributed by atoms with Gasteiger partial charge in [0.1, 0.15) is 6.61 Å². The molecule has 0 aromatic heterocycles. The summed E-state index contributed by atoms with van der Waals surface area (Å²) in [6.07, 6.45) is -1.09. The van der Waals surface area contributed by atoms with Gasteiger partial charge < -0.3 is 4.74 Å². The number of alkyl halides is 2. The molecule has 6 heteroatoms. The minimum atomic E-state index is -2.42. The molecule has 0 aliphatic carbocycles. The van der Waals surface area contributed by atoms with E-state index in [1.807, 2.05) is 24.3 Å². The Balaban J connectivity index is 2.33. The maximum absolute atomic E-state index is 11.9. The maximum Gasteiger partial charge on any atom is 0.261 e. The van der Waals surface area contributed by atoms with E-state index >= 15 is 0 Å². The molecule has 0 aliphatic heterocycles. The lowest BCUT2D eigenvalue weighted by Crippen LogP contribution is -2.37. The van der Waals surface area contributed by atoms with Gasteiger partial charge in [0.05, 0.1) is 0 Å². The fourth-order valence-electron chi connectivity index (χ4n) is 1.59. The van der Waals surface area contributed by atoms with Crippen LogP contribution in [0.3, 0.4) is 0 Å². The highest BCUT2D eigenvalue weighted by molar-refractivity contribution is 9.10. The van der Waals surface area contributed by atoms with E-state index in [9.17, 15) is 8.78 Å². The number of hydrogen-bond acceptors (Lipinski definition) is 3. The molecular formula is C12H17BrF2N2O. The summed E-state index contributed by atoms with van der Waals surface area (Å²) in [6, 6.07) is 7.90.